The highest BCUT2D eigenvalue weighted by atomic mass is 19.1. The second kappa shape index (κ2) is 10.7. The lowest BCUT2D eigenvalue weighted by Gasteiger charge is -2.35. The molecule has 3 unspecified atom stereocenters. The molecule has 5 fully saturated rings. The molecule has 0 amide bonds. The fourth-order valence-corrected chi connectivity index (χ4v) is 9.19. The SMILES string of the molecule is CCc1c(F)ccc2cc(O)cc(-c3ncc4c(N5C[C@H]6CC[C@@H](C5)N6)nc(OCC56CCCN5C5CCOC5C6)nc4c3F)c12. The number of piperazine rings is 1. The largest absolute Gasteiger partial charge is 0.508 e. The van der Waals surface area contributed by atoms with Crippen LogP contribution in [-0.2, 0) is 11.2 Å². The minimum absolute atomic E-state index is 0.00556. The van der Waals surface area contributed by atoms with Crippen LogP contribution in [0.3, 0.4) is 0 Å². The van der Waals surface area contributed by atoms with Crippen LogP contribution in [0.5, 0.6) is 11.8 Å². The number of hydrogen-bond donors (Lipinski definition) is 2. The second-order valence-corrected chi connectivity index (χ2v) is 13.8. The van der Waals surface area contributed by atoms with Crippen LogP contribution >= 0.6 is 0 Å². The first-order valence-electron chi connectivity index (χ1n) is 16.7. The standard InChI is InChI=1S/C35H38F2N6O3/c1-2-23-26(36)7-4-19-12-22(44)13-24(29(19)23)31-30(37)32-25(15-38-31)33(42-16-20-5-6-21(17-42)39-20)41-34(40-32)46-18-35-9-3-10-43(35)27-8-11-45-28(27)14-35/h4,7,12-13,15,20-21,27-28,39,44H,2-3,5-6,8-11,14,16-18H2,1H3/t20-,21+,27?,28?,35?. The Morgan fingerprint density at radius 3 is 2.80 bits per heavy atom. The zero-order valence-electron chi connectivity index (χ0n) is 25.9. The van der Waals surface area contributed by atoms with Crippen LogP contribution in [0.15, 0.2) is 30.5 Å². The Hall–Kier alpha value is -3.67. The summed E-state index contributed by atoms with van der Waals surface area (Å²) in [6.45, 7) is 5.61. The maximum absolute atomic E-state index is 16.9. The van der Waals surface area contributed by atoms with Gasteiger partial charge in [-0.25, -0.2) is 8.78 Å². The molecular formula is C35H38F2N6O3. The molecule has 0 spiro atoms. The number of pyridine rings is 1. The van der Waals surface area contributed by atoms with E-state index in [2.05, 4.69) is 20.1 Å². The zero-order valence-corrected chi connectivity index (χ0v) is 25.9. The third kappa shape index (κ3) is 4.38. The Bertz CT molecular complexity index is 1860. The molecule has 0 radical (unpaired) electrons. The summed E-state index contributed by atoms with van der Waals surface area (Å²) >= 11 is 0. The highest BCUT2D eigenvalue weighted by Gasteiger charge is 2.56. The Morgan fingerprint density at radius 2 is 1.98 bits per heavy atom. The van der Waals surface area contributed by atoms with Crippen molar-refractivity contribution in [3.05, 3.63) is 47.7 Å². The minimum Gasteiger partial charge on any atom is -0.508 e. The van der Waals surface area contributed by atoms with Crippen molar-refractivity contribution < 1.29 is 23.4 Å². The molecule has 240 valence electrons. The maximum atomic E-state index is 16.9. The minimum atomic E-state index is -0.647. The van der Waals surface area contributed by atoms with Gasteiger partial charge in [-0.1, -0.05) is 13.0 Å². The van der Waals surface area contributed by atoms with Gasteiger partial charge < -0.3 is 24.8 Å². The van der Waals surface area contributed by atoms with Crippen LogP contribution in [0.1, 0.15) is 51.0 Å². The van der Waals surface area contributed by atoms with Crippen LogP contribution in [0.25, 0.3) is 32.9 Å². The van der Waals surface area contributed by atoms with E-state index in [0.29, 0.717) is 64.3 Å². The predicted molar refractivity (Wildman–Crippen MR) is 170 cm³/mol. The normalized spacial score (nSPS) is 28.8. The first-order chi connectivity index (χ1) is 22.4. The van der Waals surface area contributed by atoms with E-state index < -0.39 is 5.82 Å². The van der Waals surface area contributed by atoms with Crippen LogP contribution in [0, 0.1) is 11.6 Å². The topological polar surface area (TPSA) is 95.9 Å². The van der Waals surface area contributed by atoms with Crippen LogP contribution in [-0.4, -0.2) is 87.6 Å². The summed E-state index contributed by atoms with van der Waals surface area (Å²) < 4.78 is 44.4. The van der Waals surface area contributed by atoms with Gasteiger partial charge in [-0.3, -0.25) is 9.88 Å². The summed E-state index contributed by atoms with van der Waals surface area (Å²) in [4.78, 5) is 19.0. The number of aryl methyl sites for hydroxylation is 1. The van der Waals surface area contributed by atoms with Gasteiger partial charge >= 0.3 is 6.01 Å². The monoisotopic (exact) mass is 628 g/mol. The van der Waals surface area contributed by atoms with Gasteiger partial charge in [0.05, 0.1) is 17.0 Å². The van der Waals surface area contributed by atoms with E-state index in [0.717, 1.165) is 64.8 Å². The van der Waals surface area contributed by atoms with E-state index in [1.165, 1.54) is 12.1 Å². The van der Waals surface area contributed by atoms with E-state index in [1.807, 2.05) is 6.92 Å². The third-order valence-corrected chi connectivity index (χ3v) is 11.2. The summed E-state index contributed by atoms with van der Waals surface area (Å²) in [5.74, 6) is -0.457. The number of nitrogens with zero attached hydrogens (tertiary/aromatic N) is 5. The molecule has 5 aliphatic heterocycles. The Kier molecular flexibility index (Phi) is 6.63. The number of phenolic OH excluding ortho intramolecular Hbond substituents is 1. The van der Waals surface area contributed by atoms with Crippen molar-refractivity contribution in [2.45, 2.75) is 81.6 Å². The van der Waals surface area contributed by atoms with Crippen LogP contribution < -0.4 is 15.0 Å². The average molecular weight is 629 g/mol. The first-order valence-corrected chi connectivity index (χ1v) is 16.7. The van der Waals surface area contributed by atoms with E-state index in [9.17, 15) is 9.50 Å². The molecule has 5 atom stereocenters. The van der Waals surface area contributed by atoms with Crippen molar-refractivity contribution in [2.24, 2.45) is 0 Å². The number of ether oxygens (including phenoxy) is 2. The van der Waals surface area contributed by atoms with Gasteiger partial charge in [-0.05, 0) is 86.0 Å². The van der Waals surface area contributed by atoms with Crippen molar-refractivity contribution in [3.63, 3.8) is 0 Å². The number of fused-ring (bicyclic) bond motifs is 7. The number of phenols is 1. The Labute approximate surface area is 265 Å². The molecular weight excluding hydrogens is 590 g/mol. The molecule has 9 rings (SSSR count). The molecule has 0 aliphatic carbocycles. The Morgan fingerprint density at radius 1 is 1.13 bits per heavy atom. The molecule has 0 saturated carbocycles. The van der Waals surface area contributed by atoms with Crippen molar-refractivity contribution in [1.29, 1.82) is 0 Å². The van der Waals surface area contributed by atoms with Gasteiger partial charge in [-0.15, -0.1) is 0 Å². The van der Waals surface area contributed by atoms with Gasteiger partial charge in [0.1, 0.15) is 35.2 Å². The summed E-state index contributed by atoms with van der Waals surface area (Å²) in [5, 5.41) is 15.9. The molecule has 5 saturated heterocycles. The number of halogens is 2. The molecule has 46 heavy (non-hydrogen) atoms. The molecule has 7 heterocycles. The van der Waals surface area contributed by atoms with Crippen molar-refractivity contribution >= 4 is 27.5 Å². The predicted octanol–water partition coefficient (Wildman–Crippen LogP) is 5.11. The third-order valence-electron chi connectivity index (χ3n) is 11.2. The quantitative estimate of drug-likeness (QED) is 0.302. The summed E-state index contributed by atoms with van der Waals surface area (Å²) in [5.41, 5.74) is 0.751. The first kappa shape index (κ1) is 28.5. The van der Waals surface area contributed by atoms with Crippen molar-refractivity contribution in [2.75, 3.05) is 37.7 Å². The number of aromatic hydroxyl groups is 1. The van der Waals surface area contributed by atoms with Crippen LogP contribution in [0.2, 0.25) is 0 Å². The average Bonchev–Trinajstić information content (AvgIpc) is 3.81. The van der Waals surface area contributed by atoms with Gasteiger partial charge in [0.15, 0.2) is 5.82 Å². The molecule has 2 aromatic carbocycles. The number of hydrogen-bond acceptors (Lipinski definition) is 9. The number of aromatic nitrogens is 3. The molecule has 4 aromatic rings. The lowest BCUT2D eigenvalue weighted by Crippen LogP contribution is -2.51. The van der Waals surface area contributed by atoms with E-state index in [4.69, 9.17) is 19.4 Å². The van der Waals surface area contributed by atoms with Gasteiger partial charge in [0.2, 0.25) is 0 Å². The Balaban J connectivity index is 1.17. The number of benzene rings is 2. The second-order valence-electron chi connectivity index (χ2n) is 13.8. The molecule has 9 nitrogen and oxygen atoms in total. The zero-order chi connectivity index (χ0) is 31.2. The maximum Gasteiger partial charge on any atom is 0.319 e. The summed E-state index contributed by atoms with van der Waals surface area (Å²) in [7, 11) is 0. The van der Waals surface area contributed by atoms with Gasteiger partial charge in [-0.2, -0.15) is 9.97 Å². The summed E-state index contributed by atoms with van der Waals surface area (Å²) in [6, 6.07) is 7.26. The fraction of sp³-hybridized carbons (Fsp3) is 0.514. The van der Waals surface area contributed by atoms with E-state index in [1.54, 1.807) is 18.3 Å². The molecule has 11 heteroatoms. The molecule has 2 bridgehead atoms. The fourth-order valence-electron chi connectivity index (χ4n) is 9.19. The molecule has 2 N–H and O–H groups in total. The van der Waals surface area contributed by atoms with Crippen molar-refractivity contribution in [3.8, 4) is 23.0 Å². The molecule has 2 aromatic heterocycles. The highest BCUT2D eigenvalue weighted by molar-refractivity contribution is 6.01. The number of anilines is 1. The van der Waals surface area contributed by atoms with E-state index in [-0.39, 0.29) is 40.4 Å². The van der Waals surface area contributed by atoms with Crippen LogP contribution in [0.4, 0.5) is 14.6 Å². The lowest BCUT2D eigenvalue weighted by molar-refractivity contribution is 0.0764. The summed E-state index contributed by atoms with van der Waals surface area (Å²) in [6.07, 6.45) is 8.53. The van der Waals surface area contributed by atoms with Gasteiger partial charge in [0, 0.05) is 49.6 Å². The lowest BCUT2D eigenvalue weighted by atomic mass is 9.94. The number of nitrogens with one attached hydrogen (secondary N) is 1. The molecule has 5 aliphatic rings. The van der Waals surface area contributed by atoms with Gasteiger partial charge in [0.25, 0.3) is 0 Å². The number of rotatable bonds is 6. The van der Waals surface area contributed by atoms with Crippen molar-refractivity contribution in [1.82, 2.24) is 25.2 Å². The highest BCUT2D eigenvalue weighted by Crippen LogP contribution is 2.47. The van der Waals surface area contributed by atoms with E-state index >= 15 is 4.39 Å². The smallest absolute Gasteiger partial charge is 0.319 e.